The summed E-state index contributed by atoms with van der Waals surface area (Å²) in [6, 6.07) is 13.0. The summed E-state index contributed by atoms with van der Waals surface area (Å²) in [6.07, 6.45) is -0.131. The zero-order valence-electron chi connectivity index (χ0n) is 9.61. The molecule has 18 heavy (non-hydrogen) atoms. The molecule has 1 unspecified atom stereocenters. The summed E-state index contributed by atoms with van der Waals surface area (Å²) in [5, 5.41) is 10.8. The molecule has 0 spiro atoms. The van der Waals surface area contributed by atoms with Crippen molar-refractivity contribution >= 4 is 33.2 Å². The molecule has 2 nitrogen and oxygen atoms in total. The van der Waals surface area contributed by atoms with E-state index in [1.807, 2.05) is 24.3 Å². The van der Waals surface area contributed by atoms with Gasteiger partial charge < -0.3 is 10.8 Å². The van der Waals surface area contributed by atoms with Crippen LogP contribution in [0.15, 0.2) is 46.9 Å². The first-order valence-corrected chi connectivity index (χ1v) is 6.71. The summed E-state index contributed by atoms with van der Waals surface area (Å²) < 4.78 is 0.983. The average molecular weight is 327 g/mol. The second kappa shape index (κ2) is 5.74. The highest BCUT2D eigenvalue weighted by molar-refractivity contribution is 9.10. The Kier molecular flexibility index (Phi) is 4.27. The van der Waals surface area contributed by atoms with E-state index in [2.05, 4.69) is 15.9 Å². The molecule has 94 valence electrons. The lowest BCUT2D eigenvalue weighted by atomic mass is 10.0. The van der Waals surface area contributed by atoms with Crippen molar-refractivity contribution in [3.05, 3.63) is 63.1 Å². The van der Waals surface area contributed by atoms with Crippen LogP contribution in [0.25, 0.3) is 0 Å². The van der Waals surface area contributed by atoms with Gasteiger partial charge >= 0.3 is 0 Å². The molecule has 0 radical (unpaired) electrons. The van der Waals surface area contributed by atoms with Gasteiger partial charge in [-0.15, -0.1) is 0 Å². The summed E-state index contributed by atoms with van der Waals surface area (Å²) in [5.41, 5.74) is 8.12. The monoisotopic (exact) mass is 325 g/mol. The van der Waals surface area contributed by atoms with Crippen molar-refractivity contribution in [3.63, 3.8) is 0 Å². The van der Waals surface area contributed by atoms with Crippen LogP contribution in [0.2, 0.25) is 5.02 Å². The fraction of sp³-hybridized carbons (Fsp3) is 0.143. The van der Waals surface area contributed by atoms with E-state index in [1.54, 1.807) is 18.2 Å². The van der Waals surface area contributed by atoms with Crippen LogP contribution in [-0.4, -0.2) is 5.11 Å². The third-order valence-corrected chi connectivity index (χ3v) is 3.79. The lowest BCUT2D eigenvalue weighted by molar-refractivity contribution is 0.179. The van der Waals surface area contributed by atoms with Crippen LogP contribution in [0.1, 0.15) is 17.2 Å². The molecule has 4 heteroatoms. The van der Waals surface area contributed by atoms with E-state index in [9.17, 15) is 5.11 Å². The molecule has 0 aliphatic heterocycles. The van der Waals surface area contributed by atoms with E-state index in [0.29, 0.717) is 22.7 Å². The number of anilines is 1. The van der Waals surface area contributed by atoms with Gasteiger partial charge in [-0.3, -0.25) is 0 Å². The average Bonchev–Trinajstić information content (AvgIpc) is 2.32. The van der Waals surface area contributed by atoms with Crippen LogP contribution < -0.4 is 5.73 Å². The third-order valence-electron chi connectivity index (χ3n) is 2.78. The molecule has 0 saturated carbocycles. The highest BCUT2D eigenvalue weighted by Gasteiger charge is 2.13. The molecule has 0 amide bonds. The Hall–Kier alpha value is -1.03. The highest BCUT2D eigenvalue weighted by atomic mass is 79.9. The molecule has 2 rings (SSSR count). The number of nitrogens with two attached hydrogens (primary N) is 1. The number of rotatable bonds is 3. The second-order valence-electron chi connectivity index (χ2n) is 4.08. The Morgan fingerprint density at radius 2 is 1.94 bits per heavy atom. The topological polar surface area (TPSA) is 46.2 Å². The van der Waals surface area contributed by atoms with Gasteiger partial charge in [-0.1, -0.05) is 51.8 Å². The van der Waals surface area contributed by atoms with Gasteiger partial charge in [0.2, 0.25) is 0 Å². The molecule has 0 aromatic heterocycles. The zero-order valence-corrected chi connectivity index (χ0v) is 11.9. The second-order valence-corrected chi connectivity index (χ2v) is 5.38. The van der Waals surface area contributed by atoms with E-state index >= 15 is 0 Å². The van der Waals surface area contributed by atoms with Crippen LogP contribution in [0.5, 0.6) is 0 Å². The number of aliphatic hydroxyl groups excluding tert-OH is 1. The molecule has 0 fully saturated rings. The first-order valence-electron chi connectivity index (χ1n) is 5.54. The predicted molar refractivity (Wildman–Crippen MR) is 78.7 cm³/mol. The number of halogens is 2. The van der Waals surface area contributed by atoms with Crippen molar-refractivity contribution < 1.29 is 5.11 Å². The lowest BCUT2D eigenvalue weighted by Gasteiger charge is -2.14. The van der Waals surface area contributed by atoms with E-state index in [-0.39, 0.29) is 0 Å². The number of aliphatic hydroxyl groups is 1. The van der Waals surface area contributed by atoms with Crippen molar-refractivity contribution in [2.24, 2.45) is 0 Å². The molecular weight excluding hydrogens is 314 g/mol. The van der Waals surface area contributed by atoms with Gasteiger partial charge in [0.1, 0.15) is 0 Å². The molecule has 3 N–H and O–H groups in total. The molecule has 0 aliphatic rings. The smallest absolute Gasteiger partial charge is 0.0850 e. The molecule has 0 aliphatic carbocycles. The number of nitrogen functional groups attached to an aromatic ring is 1. The SMILES string of the molecule is Nc1cc(Cl)ccc1C(O)Cc1ccccc1Br. The van der Waals surface area contributed by atoms with Gasteiger partial charge in [-0.2, -0.15) is 0 Å². The molecule has 2 aromatic carbocycles. The van der Waals surface area contributed by atoms with E-state index in [4.69, 9.17) is 17.3 Å². The van der Waals surface area contributed by atoms with Crippen LogP contribution in [0, 0.1) is 0 Å². The minimum absolute atomic E-state index is 0.507. The van der Waals surface area contributed by atoms with Gasteiger partial charge in [0, 0.05) is 27.2 Å². The van der Waals surface area contributed by atoms with Crippen molar-refractivity contribution in [2.75, 3.05) is 5.73 Å². The van der Waals surface area contributed by atoms with Crippen LogP contribution in [-0.2, 0) is 6.42 Å². The predicted octanol–water partition coefficient (Wildman–Crippen LogP) is 3.96. The van der Waals surface area contributed by atoms with Gasteiger partial charge in [0.05, 0.1) is 6.10 Å². The maximum absolute atomic E-state index is 10.2. The molecule has 0 heterocycles. The maximum atomic E-state index is 10.2. The fourth-order valence-corrected chi connectivity index (χ4v) is 2.46. The molecule has 0 saturated heterocycles. The van der Waals surface area contributed by atoms with Crippen molar-refractivity contribution in [3.8, 4) is 0 Å². The first kappa shape index (κ1) is 13.4. The standard InChI is InChI=1S/C14H13BrClNO/c15-12-4-2-1-3-9(12)7-14(18)11-6-5-10(16)8-13(11)17/h1-6,8,14,18H,7,17H2. The Bertz CT molecular complexity index is 559. The maximum Gasteiger partial charge on any atom is 0.0850 e. The summed E-state index contributed by atoms with van der Waals surface area (Å²) in [7, 11) is 0. The summed E-state index contributed by atoms with van der Waals surface area (Å²) >= 11 is 9.30. The Labute approximate surface area is 120 Å². The molecule has 0 bridgehead atoms. The van der Waals surface area contributed by atoms with Crippen LogP contribution >= 0.6 is 27.5 Å². The minimum atomic E-state index is -0.638. The zero-order chi connectivity index (χ0) is 13.1. The van der Waals surface area contributed by atoms with E-state index < -0.39 is 6.10 Å². The summed E-state index contributed by atoms with van der Waals surface area (Å²) in [6.45, 7) is 0. The molecular formula is C14H13BrClNO. The number of hydrogen-bond donors (Lipinski definition) is 2. The van der Waals surface area contributed by atoms with Crippen molar-refractivity contribution in [1.82, 2.24) is 0 Å². The van der Waals surface area contributed by atoms with E-state index in [0.717, 1.165) is 10.0 Å². The van der Waals surface area contributed by atoms with Crippen LogP contribution in [0.3, 0.4) is 0 Å². The lowest BCUT2D eigenvalue weighted by Crippen LogP contribution is -2.05. The third kappa shape index (κ3) is 3.05. The van der Waals surface area contributed by atoms with Crippen LogP contribution in [0.4, 0.5) is 5.69 Å². The first-order chi connectivity index (χ1) is 8.58. The highest BCUT2D eigenvalue weighted by Crippen LogP contribution is 2.28. The van der Waals surface area contributed by atoms with Gasteiger partial charge in [-0.25, -0.2) is 0 Å². The van der Waals surface area contributed by atoms with Gasteiger partial charge in [0.15, 0.2) is 0 Å². The number of benzene rings is 2. The Morgan fingerprint density at radius 1 is 1.22 bits per heavy atom. The fourth-order valence-electron chi connectivity index (χ4n) is 1.83. The normalized spacial score (nSPS) is 12.4. The van der Waals surface area contributed by atoms with Crippen molar-refractivity contribution in [1.29, 1.82) is 0 Å². The van der Waals surface area contributed by atoms with Gasteiger partial charge in [-0.05, 0) is 23.8 Å². The quantitative estimate of drug-likeness (QED) is 0.839. The number of hydrogen-bond acceptors (Lipinski definition) is 2. The van der Waals surface area contributed by atoms with Gasteiger partial charge in [0.25, 0.3) is 0 Å². The minimum Gasteiger partial charge on any atom is -0.398 e. The van der Waals surface area contributed by atoms with Crippen molar-refractivity contribution in [2.45, 2.75) is 12.5 Å². The Morgan fingerprint density at radius 3 is 2.61 bits per heavy atom. The largest absolute Gasteiger partial charge is 0.398 e. The molecule has 1 atom stereocenters. The molecule has 2 aromatic rings. The summed E-state index contributed by atoms with van der Waals surface area (Å²) in [5.74, 6) is 0. The Balaban J connectivity index is 2.22. The summed E-state index contributed by atoms with van der Waals surface area (Å²) in [4.78, 5) is 0. The van der Waals surface area contributed by atoms with E-state index in [1.165, 1.54) is 0 Å².